The summed E-state index contributed by atoms with van der Waals surface area (Å²) in [5.74, 6) is 0.00808. The molecule has 19 heavy (non-hydrogen) atoms. The Morgan fingerprint density at radius 1 is 1.47 bits per heavy atom. The van der Waals surface area contributed by atoms with Gasteiger partial charge in [0, 0.05) is 6.54 Å². The highest BCUT2D eigenvalue weighted by molar-refractivity contribution is 6.30. The number of rotatable bonds is 1. The number of carbonyl (C=O) groups excluding carboxylic acids is 1. The van der Waals surface area contributed by atoms with Crippen LogP contribution in [-0.4, -0.2) is 35.9 Å². The van der Waals surface area contributed by atoms with Crippen molar-refractivity contribution in [3.8, 4) is 0 Å². The van der Waals surface area contributed by atoms with E-state index >= 15 is 0 Å². The number of fused-ring (bicyclic) bond motifs is 2. The van der Waals surface area contributed by atoms with E-state index in [0.717, 1.165) is 12.8 Å². The average Bonchev–Trinajstić information content (AvgIpc) is 2.77. The fourth-order valence-corrected chi connectivity index (χ4v) is 3.33. The molecule has 1 fully saturated rings. The van der Waals surface area contributed by atoms with Crippen LogP contribution in [-0.2, 0) is 21.6 Å². The van der Waals surface area contributed by atoms with E-state index < -0.39 is 5.38 Å². The Labute approximate surface area is 118 Å². The zero-order valence-corrected chi connectivity index (χ0v) is 11.8. The minimum absolute atomic E-state index is 0.00808. The summed E-state index contributed by atoms with van der Waals surface area (Å²) in [5.41, 5.74) is 2.28. The first-order valence-electron chi connectivity index (χ1n) is 6.78. The summed E-state index contributed by atoms with van der Waals surface area (Å²) in [6.45, 7) is 3.58. The molecule has 1 aromatic rings. The fourth-order valence-electron chi connectivity index (χ4n) is 3.19. The third kappa shape index (κ3) is 2.15. The number of hydrogen-bond donors (Lipinski definition) is 0. The first-order chi connectivity index (χ1) is 9.12. The molecule has 0 saturated carbocycles. The number of morpholine rings is 1. The molecule has 1 amide bonds. The summed E-state index contributed by atoms with van der Waals surface area (Å²) in [6, 6.07) is 8.38. The zero-order chi connectivity index (χ0) is 13.5. The van der Waals surface area contributed by atoms with E-state index in [0.29, 0.717) is 19.7 Å². The molecule has 0 radical (unpaired) electrons. The molecule has 3 rings (SSSR count). The molecule has 1 heterocycles. The summed E-state index contributed by atoms with van der Waals surface area (Å²) in [7, 11) is 0. The van der Waals surface area contributed by atoms with Gasteiger partial charge in [0.05, 0.1) is 13.2 Å². The number of carbonyl (C=O) groups is 1. The van der Waals surface area contributed by atoms with Gasteiger partial charge >= 0.3 is 0 Å². The van der Waals surface area contributed by atoms with E-state index in [1.165, 1.54) is 11.1 Å². The van der Waals surface area contributed by atoms with E-state index in [9.17, 15) is 4.79 Å². The molecule has 1 aliphatic carbocycles. The van der Waals surface area contributed by atoms with Gasteiger partial charge in [-0.1, -0.05) is 24.3 Å². The van der Waals surface area contributed by atoms with Gasteiger partial charge in [0.15, 0.2) is 0 Å². The van der Waals surface area contributed by atoms with Crippen LogP contribution in [0.1, 0.15) is 24.5 Å². The van der Waals surface area contributed by atoms with E-state index in [1.54, 1.807) is 6.92 Å². The molecule has 1 spiro atoms. The van der Waals surface area contributed by atoms with E-state index in [-0.39, 0.29) is 11.5 Å². The smallest absolute Gasteiger partial charge is 0.240 e. The van der Waals surface area contributed by atoms with Crippen LogP contribution in [0.5, 0.6) is 0 Å². The van der Waals surface area contributed by atoms with Gasteiger partial charge in [-0.25, -0.2) is 0 Å². The van der Waals surface area contributed by atoms with Gasteiger partial charge in [-0.3, -0.25) is 4.79 Å². The minimum atomic E-state index is -0.466. The van der Waals surface area contributed by atoms with Crippen molar-refractivity contribution in [2.24, 2.45) is 0 Å². The van der Waals surface area contributed by atoms with Crippen molar-refractivity contribution in [1.82, 2.24) is 4.90 Å². The van der Waals surface area contributed by atoms with Gasteiger partial charge in [-0.15, -0.1) is 11.6 Å². The molecule has 0 aromatic heterocycles. The largest absolute Gasteiger partial charge is 0.367 e. The normalized spacial score (nSPS) is 27.4. The molecular weight excluding hydrogens is 262 g/mol. The number of alkyl halides is 1. The van der Waals surface area contributed by atoms with Crippen molar-refractivity contribution in [3.05, 3.63) is 35.4 Å². The Balaban J connectivity index is 1.88. The molecule has 1 saturated heterocycles. The van der Waals surface area contributed by atoms with Gasteiger partial charge in [0.2, 0.25) is 5.91 Å². The van der Waals surface area contributed by atoms with Gasteiger partial charge < -0.3 is 9.64 Å². The Hall–Kier alpha value is -1.06. The predicted molar refractivity (Wildman–Crippen MR) is 74.3 cm³/mol. The number of ether oxygens (including phenoxy) is 1. The van der Waals surface area contributed by atoms with Gasteiger partial charge in [-0.2, -0.15) is 0 Å². The molecule has 4 heteroatoms. The van der Waals surface area contributed by atoms with Gasteiger partial charge in [0.1, 0.15) is 11.0 Å². The Morgan fingerprint density at radius 3 is 3.05 bits per heavy atom. The van der Waals surface area contributed by atoms with E-state index in [2.05, 4.69) is 18.2 Å². The number of halogens is 1. The Morgan fingerprint density at radius 2 is 2.26 bits per heavy atom. The second-order valence-corrected chi connectivity index (χ2v) is 6.03. The molecule has 1 aromatic carbocycles. The lowest BCUT2D eigenvalue weighted by Crippen LogP contribution is -2.52. The van der Waals surface area contributed by atoms with Crippen molar-refractivity contribution in [1.29, 1.82) is 0 Å². The summed E-state index contributed by atoms with van der Waals surface area (Å²) >= 11 is 5.92. The summed E-state index contributed by atoms with van der Waals surface area (Å²) in [6.07, 6.45) is 1.97. The highest BCUT2D eigenvalue weighted by Crippen LogP contribution is 2.42. The minimum Gasteiger partial charge on any atom is -0.367 e. The summed E-state index contributed by atoms with van der Waals surface area (Å²) < 4.78 is 6.08. The topological polar surface area (TPSA) is 29.5 Å². The predicted octanol–water partition coefficient (Wildman–Crippen LogP) is 2.31. The molecular formula is C15H18ClNO2. The van der Waals surface area contributed by atoms with Gasteiger partial charge in [-0.05, 0) is 30.9 Å². The number of nitrogens with zero attached hydrogens (tertiary/aromatic N) is 1. The molecule has 0 bridgehead atoms. The van der Waals surface area contributed by atoms with Crippen LogP contribution in [0, 0.1) is 0 Å². The lowest BCUT2D eigenvalue weighted by Gasteiger charge is -2.41. The molecule has 2 atom stereocenters. The maximum absolute atomic E-state index is 12.1. The number of benzene rings is 1. The van der Waals surface area contributed by atoms with Crippen LogP contribution in [0.25, 0.3) is 0 Å². The van der Waals surface area contributed by atoms with Gasteiger partial charge in [0.25, 0.3) is 0 Å². The van der Waals surface area contributed by atoms with Crippen LogP contribution in [0.15, 0.2) is 24.3 Å². The zero-order valence-electron chi connectivity index (χ0n) is 11.1. The Kier molecular flexibility index (Phi) is 3.27. The van der Waals surface area contributed by atoms with Crippen molar-refractivity contribution in [2.75, 3.05) is 19.7 Å². The lowest BCUT2D eigenvalue weighted by atomic mass is 9.93. The molecule has 3 nitrogen and oxygen atoms in total. The lowest BCUT2D eigenvalue weighted by molar-refractivity contribution is -0.151. The first-order valence-corrected chi connectivity index (χ1v) is 7.21. The second-order valence-electron chi connectivity index (χ2n) is 5.38. The molecule has 1 aliphatic heterocycles. The average molecular weight is 280 g/mol. The maximum Gasteiger partial charge on any atom is 0.240 e. The molecule has 0 N–H and O–H groups in total. The van der Waals surface area contributed by atoms with Crippen molar-refractivity contribution >= 4 is 17.5 Å². The van der Waals surface area contributed by atoms with Crippen LogP contribution in [0.2, 0.25) is 0 Å². The van der Waals surface area contributed by atoms with Crippen LogP contribution >= 0.6 is 11.6 Å². The summed E-state index contributed by atoms with van der Waals surface area (Å²) in [4.78, 5) is 13.9. The quantitative estimate of drug-likeness (QED) is 0.739. The Bertz CT molecular complexity index is 499. The van der Waals surface area contributed by atoms with Crippen molar-refractivity contribution in [2.45, 2.75) is 30.7 Å². The SMILES string of the molecule is CC(Cl)C(=O)N1CCOC2(CCc3ccccc32)C1. The number of aryl methyl sites for hydroxylation is 1. The monoisotopic (exact) mass is 279 g/mol. The standard InChI is InChI=1S/C15H18ClNO2/c1-11(16)14(18)17-8-9-19-15(10-17)7-6-12-4-2-3-5-13(12)15/h2-5,11H,6-10H2,1H3. The third-order valence-corrected chi connectivity index (χ3v) is 4.33. The number of amides is 1. The highest BCUT2D eigenvalue weighted by atomic mass is 35.5. The fraction of sp³-hybridized carbons (Fsp3) is 0.533. The maximum atomic E-state index is 12.1. The molecule has 102 valence electrons. The first kappa shape index (κ1) is 12.9. The van der Waals surface area contributed by atoms with E-state index in [1.807, 2.05) is 11.0 Å². The summed E-state index contributed by atoms with van der Waals surface area (Å²) in [5, 5.41) is -0.466. The van der Waals surface area contributed by atoms with Crippen molar-refractivity contribution in [3.63, 3.8) is 0 Å². The van der Waals surface area contributed by atoms with Crippen LogP contribution in [0.4, 0.5) is 0 Å². The number of hydrogen-bond acceptors (Lipinski definition) is 2. The second kappa shape index (κ2) is 4.80. The van der Waals surface area contributed by atoms with Crippen LogP contribution < -0.4 is 0 Å². The third-order valence-electron chi connectivity index (χ3n) is 4.14. The van der Waals surface area contributed by atoms with Crippen LogP contribution in [0.3, 0.4) is 0 Å². The molecule has 2 unspecified atom stereocenters. The molecule has 2 aliphatic rings. The van der Waals surface area contributed by atoms with Crippen molar-refractivity contribution < 1.29 is 9.53 Å². The van der Waals surface area contributed by atoms with E-state index in [4.69, 9.17) is 16.3 Å². The highest BCUT2D eigenvalue weighted by Gasteiger charge is 2.44.